The molecule has 2 aromatic rings. The molecular weight excluding hydrogens is 216 g/mol. The van der Waals surface area contributed by atoms with E-state index in [-0.39, 0.29) is 5.97 Å². The van der Waals surface area contributed by atoms with Gasteiger partial charge < -0.3 is 10.5 Å². The van der Waals surface area contributed by atoms with Crippen LogP contribution in [-0.4, -0.2) is 17.6 Å². The Labute approximate surface area is 99.4 Å². The van der Waals surface area contributed by atoms with Crippen molar-refractivity contribution >= 4 is 22.6 Å². The first-order valence-electron chi connectivity index (χ1n) is 5.45. The van der Waals surface area contributed by atoms with Gasteiger partial charge in [0.1, 0.15) is 0 Å². The minimum Gasteiger partial charge on any atom is -0.462 e. The Morgan fingerprint density at radius 1 is 1.41 bits per heavy atom. The van der Waals surface area contributed by atoms with Crippen molar-refractivity contribution in [1.29, 1.82) is 0 Å². The number of benzene rings is 1. The van der Waals surface area contributed by atoms with Crippen molar-refractivity contribution in [3.63, 3.8) is 0 Å². The molecule has 4 heteroatoms. The second-order valence-corrected chi connectivity index (χ2v) is 3.85. The number of aromatic nitrogens is 1. The van der Waals surface area contributed by atoms with Crippen LogP contribution in [0.5, 0.6) is 0 Å². The van der Waals surface area contributed by atoms with E-state index >= 15 is 0 Å². The maximum Gasteiger partial charge on any atom is 0.339 e. The second kappa shape index (κ2) is 4.41. The number of fused-ring (bicyclic) bond motifs is 1. The van der Waals surface area contributed by atoms with E-state index in [4.69, 9.17) is 10.5 Å². The first-order valence-corrected chi connectivity index (χ1v) is 5.45. The molecule has 0 fully saturated rings. The van der Waals surface area contributed by atoms with Crippen molar-refractivity contribution in [2.45, 2.75) is 13.8 Å². The molecule has 4 nitrogen and oxygen atoms in total. The third-order valence-corrected chi connectivity index (χ3v) is 2.58. The van der Waals surface area contributed by atoms with Crippen LogP contribution in [0, 0.1) is 6.92 Å². The molecule has 0 aliphatic rings. The number of hydrogen-bond acceptors (Lipinski definition) is 4. The third-order valence-electron chi connectivity index (χ3n) is 2.58. The van der Waals surface area contributed by atoms with Gasteiger partial charge in [0.2, 0.25) is 0 Å². The minimum absolute atomic E-state index is 0.351. The largest absolute Gasteiger partial charge is 0.462 e. The number of ether oxygens (including phenoxy) is 1. The number of hydrogen-bond donors (Lipinski definition) is 1. The Morgan fingerprint density at radius 3 is 2.88 bits per heavy atom. The van der Waals surface area contributed by atoms with E-state index in [1.165, 1.54) is 6.20 Å². The van der Waals surface area contributed by atoms with Crippen molar-refractivity contribution in [1.82, 2.24) is 4.98 Å². The van der Waals surface area contributed by atoms with Crippen LogP contribution in [0.25, 0.3) is 10.9 Å². The number of nitrogens with two attached hydrogens (primary N) is 1. The highest BCUT2D eigenvalue weighted by Gasteiger charge is 2.08. The molecule has 0 spiro atoms. The molecular formula is C13H14N2O2. The molecule has 0 aliphatic carbocycles. The van der Waals surface area contributed by atoms with Crippen LogP contribution < -0.4 is 5.73 Å². The standard InChI is InChI=1S/C13H14N2O2/c1-3-17-13(16)10-5-9-4-8(2)11(14)6-12(9)15-7-10/h4-7H,3,14H2,1-2H3. The van der Waals surface area contributed by atoms with Gasteiger partial charge in [-0.1, -0.05) is 0 Å². The van der Waals surface area contributed by atoms with Crippen molar-refractivity contribution in [3.05, 3.63) is 35.5 Å². The number of carbonyl (C=O) groups excluding carboxylic acids is 1. The fourth-order valence-electron chi connectivity index (χ4n) is 1.63. The van der Waals surface area contributed by atoms with E-state index in [9.17, 15) is 4.79 Å². The van der Waals surface area contributed by atoms with Crippen LogP contribution >= 0.6 is 0 Å². The number of carbonyl (C=O) groups is 1. The Kier molecular flexibility index (Phi) is 2.95. The van der Waals surface area contributed by atoms with Gasteiger partial charge in [0.25, 0.3) is 0 Å². The van der Waals surface area contributed by atoms with Crippen molar-refractivity contribution in [3.8, 4) is 0 Å². The molecule has 2 N–H and O–H groups in total. The lowest BCUT2D eigenvalue weighted by Crippen LogP contribution is -2.05. The monoisotopic (exact) mass is 230 g/mol. The predicted molar refractivity (Wildman–Crippen MR) is 66.8 cm³/mol. The Morgan fingerprint density at radius 2 is 2.18 bits per heavy atom. The molecule has 0 aliphatic heterocycles. The van der Waals surface area contributed by atoms with Gasteiger partial charge in [-0.2, -0.15) is 0 Å². The predicted octanol–water partition coefficient (Wildman–Crippen LogP) is 2.30. The molecule has 17 heavy (non-hydrogen) atoms. The normalized spacial score (nSPS) is 10.5. The highest BCUT2D eigenvalue weighted by atomic mass is 16.5. The lowest BCUT2D eigenvalue weighted by Gasteiger charge is -2.05. The lowest BCUT2D eigenvalue weighted by atomic mass is 10.1. The summed E-state index contributed by atoms with van der Waals surface area (Å²) in [7, 11) is 0. The topological polar surface area (TPSA) is 65.2 Å². The molecule has 0 bridgehead atoms. The number of rotatable bonds is 2. The summed E-state index contributed by atoms with van der Waals surface area (Å²) in [5.74, 6) is -0.351. The summed E-state index contributed by atoms with van der Waals surface area (Å²) in [5, 5.41) is 0.891. The molecule has 0 saturated carbocycles. The quantitative estimate of drug-likeness (QED) is 0.635. The molecule has 0 saturated heterocycles. The van der Waals surface area contributed by atoms with Gasteiger partial charge in [-0.05, 0) is 37.6 Å². The number of aryl methyl sites for hydroxylation is 1. The summed E-state index contributed by atoms with van der Waals surface area (Å²) in [6.07, 6.45) is 1.51. The zero-order valence-corrected chi connectivity index (χ0v) is 9.86. The first kappa shape index (κ1) is 11.4. The summed E-state index contributed by atoms with van der Waals surface area (Å²) >= 11 is 0. The number of anilines is 1. The molecule has 0 atom stereocenters. The van der Waals surface area contributed by atoms with Gasteiger partial charge in [-0.25, -0.2) is 4.79 Å². The third kappa shape index (κ3) is 2.20. The van der Waals surface area contributed by atoms with Crippen LogP contribution in [0.2, 0.25) is 0 Å². The van der Waals surface area contributed by atoms with Gasteiger partial charge in [0.05, 0.1) is 17.7 Å². The second-order valence-electron chi connectivity index (χ2n) is 3.85. The molecule has 0 unspecified atom stereocenters. The van der Waals surface area contributed by atoms with Crippen molar-refractivity contribution in [2.24, 2.45) is 0 Å². The number of esters is 1. The van der Waals surface area contributed by atoms with Crippen LogP contribution in [0.15, 0.2) is 24.4 Å². The maximum absolute atomic E-state index is 11.6. The zero-order valence-electron chi connectivity index (χ0n) is 9.86. The van der Waals surface area contributed by atoms with Crippen LogP contribution in [0.3, 0.4) is 0 Å². The number of pyridine rings is 1. The van der Waals surface area contributed by atoms with E-state index in [0.717, 1.165) is 16.5 Å². The van der Waals surface area contributed by atoms with Crippen molar-refractivity contribution < 1.29 is 9.53 Å². The average Bonchev–Trinajstić information content (AvgIpc) is 2.30. The Balaban J connectivity index is 2.50. The minimum atomic E-state index is -0.351. The van der Waals surface area contributed by atoms with Crippen LogP contribution in [0.4, 0.5) is 5.69 Å². The maximum atomic E-state index is 11.6. The zero-order chi connectivity index (χ0) is 12.4. The van der Waals surface area contributed by atoms with Gasteiger partial charge in [-0.15, -0.1) is 0 Å². The molecule has 88 valence electrons. The van der Waals surface area contributed by atoms with Gasteiger partial charge in [-0.3, -0.25) is 4.98 Å². The van der Waals surface area contributed by atoms with E-state index < -0.39 is 0 Å². The van der Waals surface area contributed by atoms with E-state index in [1.54, 1.807) is 19.1 Å². The lowest BCUT2D eigenvalue weighted by molar-refractivity contribution is 0.0526. The number of nitrogens with zero attached hydrogens (tertiary/aromatic N) is 1. The SMILES string of the molecule is CCOC(=O)c1cnc2cc(N)c(C)cc2c1. The fourth-order valence-corrected chi connectivity index (χ4v) is 1.63. The van der Waals surface area contributed by atoms with E-state index in [0.29, 0.717) is 17.9 Å². The fraction of sp³-hybridized carbons (Fsp3) is 0.231. The molecule has 1 heterocycles. The average molecular weight is 230 g/mol. The summed E-state index contributed by atoms with van der Waals surface area (Å²) in [5.41, 5.74) is 8.72. The molecule has 0 radical (unpaired) electrons. The van der Waals surface area contributed by atoms with Gasteiger partial charge >= 0.3 is 5.97 Å². The Bertz CT molecular complexity index is 579. The van der Waals surface area contributed by atoms with Crippen molar-refractivity contribution in [2.75, 3.05) is 12.3 Å². The highest BCUT2D eigenvalue weighted by Crippen LogP contribution is 2.20. The summed E-state index contributed by atoms with van der Waals surface area (Å²) < 4.78 is 4.93. The summed E-state index contributed by atoms with van der Waals surface area (Å²) in [6.45, 7) is 4.06. The number of nitrogen functional groups attached to an aromatic ring is 1. The summed E-state index contributed by atoms with van der Waals surface area (Å²) in [6, 6.07) is 5.49. The molecule has 1 aromatic heterocycles. The van der Waals surface area contributed by atoms with Gasteiger partial charge in [0, 0.05) is 17.3 Å². The Hall–Kier alpha value is -2.10. The van der Waals surface area contributed by atoms with E-state index in [2.05, 4.69) is 4.98 Å². The first-order chi connectivity index (χ1) is 8.11. The van der Waals surface area contributed by atoms with Crippen LogP contribution in [-0.2, 0) is 4.74 Å². The summed E-state index contributed by atoms with van der Waals surface area (Å²) in [4.78, 5) is 15.8. The smallest absolute Gasteiger partial charge is 0.339 e. The highest BCUT2D eigenvalue weighted by molar-refractivity contribution is 5.94. The van der Waals surface area contributed by atoms with E-state index in [1.807, 2.05) is 13.0 Å². The molecule has 2 rings (SSSR count). The molecule has 0 amide bonds. The molecule has 1 aromatic carbocycles. The van der Waals surface area contributed by atoms with Crippen LogP contribution in [0.1, 0.15) is 22.8 Å². The van der Waals surface area contributed by atoms with Gasteiger partial charge in [0.15, 0.2) is 0 Å².